The van der Waals surface area contributed by atoms with Crippen LogP contribution in [0, 0.1) is 11.8 Å². The number of amides is 1. The number of likely N-dealkylation sites (tertiary alicyclic amines) is 1. The second-order valence-corrected chi connectivity index (χ2v) is 10.00. The van der Waals surface area contributed by atoms with Crippen LogP contribution in [0.25, 0.3) is 6.08 Å². The van der Waals surface area contributed by atoms with Gasteiger partial charge in [0.05, 0.1) is 6.54 Å². The van der Waals surface area contributed by atoms with E-state index >= 15 is 0 Å². The van der Waals surface area contributed by atoms with Gasteiger partial charge in [0.1, 0.15) is 0 Å². The fourth-order valence-electron chi connectivity index (χ4n) is 4.22. The van der Waals surface area contributed by atoms with E-state index in [0.29, 0.717) is 44.6 Å². The molecule has 2 aliphatic rings. The minimum Gasteiger partial charge on any atom is -0.339 e. The zero-order chi connectivity index (χ0) is 20.1. The van der Waals surface area contributed by atoms with E-state index in [-0.39, 0.29) is 5.91 Å². The van der Waals surface area contributed by atoms with Crippen molar-refractivity contribution in [3.63, 3.8) is 0 Å². The highest BCUT2D eigenvalue weighted by Crippen LogP contribution is 2.21. The average Bonchev–Trinajstić information content (AvgIpc) is 2.66. The number of piperazine rings is 1. The van der Waals surface area contributed by atoms with Crippen molar-refractivity contribution < 1.29 is 13.2 Å². The Balaban J connectivity index is 1.50. The van der Waals surface area contributed by atoms with Gasteiger partial charge < -0.3 is 4.90 Å². The van der Waals surface area contributed by atoms with E-state index in [0.717, 1.165) is 18.7 Å². The molecule has 1 aromatic carbocycles. The normalized spacial score (nSPS) is 25.3. The first-order valence-electron chi connectivity index (χ1n) is 10.1. The van der Waals surface area contributed by atoms with Gasteiger partial charge in [-0.25, -0.2) is 8.42 Å². The Morgan fingerprint density at radius 1 is 1.04 bits per heavy atom. The molecule has 2 fully saturated rings. The summed E-state index contributed by atoms with van der Waals surface area (Å²) in [7, 11) is -3.47. The zero-order valence-electron chi connectivity index (χ0n) is 16.8. The van der Waals surface area contributed by atoms with Crippen LogP contribution in [-0.2, 0) is 14.8 Å². The summed E-state index contributed by atoms with van der Waals surface area (Å²) in [5, 5.41) is 1.26. The lowest BCUT2D eigenvalue weighted by Gasteiger charge is -2.37. The minimum atomic E-state index is -3.47. The molecule has 2 aliphatic heterocycles. The van der Waals surface area contributed by atoms with Crippen LogP contribution in [-0.4, -0.2) is 74.2 Å². The molecule has 0 saturated carbocycles. The first-order valence-corrected chi connectivity index (χ1v) is 11.6. The average molecular weight is 406 g/mol. The molecule has 2 atom stereocenters. The van der Waals surface area contributed by atoms with Gasteiger partial charge in [0.15, 0.2) is 0 Å². The monoisotopic (exact) mass is 405 g/mol. The molecule has 28 heavy (non-hydrogen) atoms. The van der Waals surface area contributed by atoms with Gasteiger partial charge in [-0.1, -0.05) is 44.2 Å². The summed E-state index contributed by atoms with van der Waals surface area (Å²) in [6.07, 6.45) is 2.84. The third-order valence-electron chi connectivity index (χ3n) is 5.49. The van der Waals surface area contributed by atoms with Gasteiger partial charge in [0.25, 0.3) is 0 Å². The standard InChI is InChI=1S/C21H31N3O3S/c1-18-14-19(2)16-22(15-18)17-21(25)23-9-11-24(12-10-23)28(26,27)13-8-20-6-4-3-5-7-20/h3-8,13,18-19H,9-12,14-17H2,1-2H3/b13-8+/t18-,19+. The van der Waals surface area contributed by atoms with E-state index in [4.69, 9.17) is 0 Å². The molecule has 7 heteroatoms. The molecule has 1 aromatic rings. The molecule has 0 spiro atoms. The van der Waals surface area contributed by atoms with Crippen LogP contribution < -0.4 is 0 Å². The van der Waals surface area contributed by atoms with Gasteiger partial charge in [0, 0.05) is 44.7 Å². The van der Waals surface area contributed by atoms with Crippen LogP contribution in [0.1, 0.15) is 25.8 Å². The first kappa shape index (κ1) is 21.0. The largest absolute Gasteiger partial charge is 0.339 e. The molecule has 2 saturated heterocycles. The number of carbonyl (C=O) groups is 1. The topological polar surface area (TPSA) is 60.9 Å². The molecule has 3 rings (SSSR count). The Hall–Kier alpha value is -1.70. The number of piperidine rings is 1. The Morgan fingerprint density at radius 3 is 2.25 bits per heavy atom. The van der Waals surface area contributed by atoms with E-state index < -0.39 is 10.0 Å². The van der Waals surface area contributed by atoms with Gasteiger partial charge in [-0.3, -0.25) is 9.69 Å². The number of carbonyl (C=O) groups excluding carboxylic acids is 1. The van der Waals surface area contributed by atoms with Crippen molar-refractivity contribution in [1.82, 2.24) is 14.1 Å². The zero-order valence-corrected chi connectivity index (χ0v) is 17.6. The Kier molecular flexibility index (Phi) is 6.91. The molecule has 0 aliphatic carbocycles. The number of hydrogen-bond donors (Lipinski definition) is 0. The smallest absolute Gasteiger partial charge is 0.236 e. The molecule has 0 unspecified atom stereocenters. The maximum absolute atomic E-state index is 12.6. The SMILES string of the molecule is C[C@@H]1C[C@H](C)CN(CC(=O)N2CCN(S(=O)(=O)/C=C/c3ccccc3)CC2)C1. The molecule has 0 aromatic heterocycles. The van der Waals surface area contributed by atoms with Gasteiger partial charge >= 0.3 is 0 Å². The molecular formula is C21H31N3O3S. The van der Waals surface area contributed by atoms with E-state index in [2.05, 4.69) is 18.7 Å². The van der Waals surface area contributed by atoms with E-state index in [1.165, 1.54) is 16.1 Å². The van der Waals surface area contributed by atoms with E-state index in [1.54, 1.807) is 11.0 Å². The summed E-state index contributed by atoms with van der Waals surface area (Å²) in [5.41, 5.74) is 0.852. The van der Waals surface area contributed by atoms with Gasteiger partial charge in [0.2, 0.25) is 15.9 Å². The molecule has 2 heterocycles. The van der Waals surface area contributed by atoms with E-state index in [9.17, 15) is 13.2 Å². The predicted octanol–water partition coefficient (Wildman–Crippen LogP) is 2.11. The Morgan fingerprint density at radius 2 is 1.64 bits per heavy atom. The Bertz CT molecular complexity index is 776. The molecular weight excluding hydrogens is 374 g/mol. The summed E-state index contributed by atoms with van der Waals surface area (Å²) in [6.45, 7) is 8.45. The quantitative estimate of drug-likeness (QED) is 0.753. The van der Waals surface area contributed by atoms with Crippen LogP contribution >= 0.6 is 0 Å². The summed E-state index contributed by atoms with van der Waals surface area (Å²) in [6, 6.07) is 9.38. The molecule has 1 amide bonds. The van der Waals surface area contributed by atoms with E-state index in [1.807, 2.05) is 30.3 Å². The molecule has 0 N–H and O–H groups in total. The van der Waals surface area contributed by atoms with Crippen molar-refractivity contribution in [2.75, 3.05) is 45.8 Å². The van der Waals surface area contributed by atoms with Crippen molar-refractivity contribution in [2.45, 2.75) is 20.3 Å². The Labute approximate surface area is 168 Å². The fourth-order valence-corrected chi connectivity index (χ4v) is 5.39. The van der Waals surface area contributed by atoms with Crippen molar-refractivity contribution in [3.8, 4) is 0 Å². The van der Waals surface area contributed by atoms with Crippen LogP contribution in [0.15, 0.2) is 35.7 Å². The lowest BCUT2D eigenvalue weighted by molar-refractivity contribution is -0.134. The number of sulfonamides is 1. The lowest BCUT2D eigenvalue weighted by Crippen LogP contribution is -2.53. The molecule has 0 radical (unpaired) electrons. The number of benzene rings is 1. The minimum absolute atomic E-state index is 0.109. The first-order chi connectivity index (χ1) is 13.3. The lowest BCUT2D eigenvalue weighted by atomic mass is 9.92. The molecule has 6 nitrogen and oxygen atoms in total. The second-order valence-electron chi connectivity index (χ2n) is 8.18. The second kappa shape index (κ2) is 9.20. The summed E-state index contributed by atoms with van der Waals surface area (Å²) >= 11 is 0. The van der Waals surface area contributed by atoms with Crippen molar-refractivity contribution in [2.24, 2.45) is 11.8 Å². The number of nitrogens with zero attached hydrogens (tertiary/aromatic N) is 3. The fraction of sp³-hybridized carbons (Fsp3) is 0.571. The maximum Gasteiger partial charge on any atom is 0.236 e. The highest BCUT2D eigenvalue weighted by Gasteiger charge is 2.29. The summed E-state index contributed by atoms with van der Waals surface area (Å²) in [5.74, 6) is 1.35. The number of rotatable bonds is 5. The highest BCUT2D eigenvalue weighted by molar-refractivity contribution is 7.92. The third kappa shape index (κ3) is 5.65. The van der Waals surface area contributed by atoms with Gasteiger partial charge in [-0.05, 0) is 29.9 Å². The van der Waals surface area contributed by atoms with Crippen molar-refractivity contribution in [3.05, 3.63) is 41.3 Å². The van der Waals surface area contributed by atoms with Crippen LogP contribution in [0.3, 0.4) is 0 Å². The predicted molar refractivity (Wildman–Crippen MR) is 112 cm³/mol. The van der Waals surface area contributed by atoms with Gasteiger partial charge in [-0.2, -0.15) is 4.31 Å². The van der Waals surface area contributed by atoms with Crippen LogP contribution in [0.5, 0.6) is 0 Å². The number of hydrogen-bond acceptors (Lipinski definition) is 4. The highest BCUT2D eigenvalue weighted by atomic mass is 32.2. The van der Waals surface area contributed by atoms with Crippen LogP contribution in [0.4, 0.5) is 0 Å². The maximum atomic E-state index is 12.6. The summed E-state index contributed by atoms with van der Waals surface area (Å²) < 4.78 is 26.6. The van der Waals surface area contributed by atoms with Crippen molar-refractivity contribution >= 4 is 22.0 Å². The van der Waals surface area contributed by atoms with Gasteiger partial charge in [-0.15, -0.1) is 0 Å². The molecule has 0 bridgehead atoms. The van der Waals surface area contributed by atoms with Crippen molar-refractivity contribution in [1.29, 1.82) is 0 Å². The van der Waals surface area contributed by atoms with Crippen LogP contribution in [0.2, 0.25) is 0 Å². The third-order valence-corrected chi connectivity index (χ3v) is 7.05. The molecule has 154 valence electrons. The summed E-state index contributed by atoms with van der Waals surface area (Å²) in [4.78, 5) is 16.7.